The molecule has 96 valence electrons. The van der Waals surface area contributed by atoms with Gasteiger partial charge in [-0.3, -0.25) is 0 Å². The van der Waals surface area contributed by atoms with Gasteiger partial charge < -0.3 is 10.6 Å². The fourth-order valence-electron chi connectivity index (χ4n) is 1.31. The monoisotopic (exact) mass is 327 g/mol. The van der Waals surface area contributed by atoms with Crippen molar-refractivity contribution in [1.29, 1.82) is 0 Å². The Morgan fingerprint density at radius 2 is 2.22 bits per heavy atom. The summed E-state index contributed by atoms with van der Waals surface area (Å²) in [5, 5.41) is 8.41. The predicted molar refractivity (Wildman–Crippen MR) is 78.0 cm³/mol. The topological polar surface area (TPSA) is 62.7 Å². The van der Waals surface area contributed by atoms with Crippen molar-refractivity contribution >= 4 is 39.0 Å². The summed E-state index contributed by atoms with van der Waals surface area (Å²) in [7, 11) is 0. The highest BCUT2D eigenvalue weighted by Gasteiger charge is 2.05. The average molecular weight is 328 g/mol. The van der Waals surface area contributed by atoms with Gasteiger partial charge in [0, 0.05) is 18.1 Å². The lowest BCUT2D eigenvalue weighted by Crippen LogP contribution is -2.08. The van der Waals surface area contributed by atoms with Gasteiger partial charge in [-0.1, -0.05) is 6.92 Å². The van der Waals surface area contributed by atoms with Crippen molar-refractivity contribution in [2.75, 3.05) is 17.2 Å². The first-order valence-electron chi connectivity index (χ1n) is 5.67. The maximum atomic E-state index is 4.40. The van der Waals surface area contributed by atoms with E-state index in [4.69, 9.17) is 0 Å². The third-order valence-corrected chi connectivity index (χ3v) is 3.41. The normalized spacial score (nSPS) is 10.3. The lowest BCUT2D eigenvalue weighted by atomic mass is 10.4. The molecule has 0 aromatic carbocycles. The minimum Gasteiger partial charge on any atom is -0.363 e. The molecule has 0 radical (unpaired) electrons. The summed E-state index contributed by atoms with van der Waals surface area (Å²) in [6, 6.07) is 0. The number of nitrogens with one attached hydrogen (secondary N) is 2. The van der Waals surface area contributed by atoms with Crippen molar-refractivity contribution in [3.05, 3.63) is 27.3 Å². The molecule has 2 aromatic heterocycles. The van der Waals surface area contributed by atoms with E-state index in [1.165, 1.54) is 0 Å². The molecule has 2 N–H and O–H groups in total. The van der Waals surface area contributed by atoms with Gasteiger partial charge in [0.1, 0.15) is 5.82 Å². The highest BCUT2D eigenvalue weighted by atomic mass is 79.9. The van der Waals surface area contributed by atoms with E-state index in [0.717, 1.165) is 29.0 Å². The summed E-state index contributed by atoms with van der Waals surface area (Å²) in [6.07, 6.45) is 2.79. The largest absolute Gasteiger partial charge is 0.363 e. The summed E-state index contributed by atoms with van der Waals surface area (Å²) in [5.74, 6) is 1.41. The van der Waals surface area contributed by atoms with Gasteiger partial charge in [-0.05, 0) is 22.4 Å². The van der Waals surface area contributed by atoms with Crippen molar-refractivity contribution in [1.82, 2.24) is 15.0 Å². The molecule has 0 aliphatic rings. The lowest BCUT2D eigenvalue weighted by Gasteiger charge is -2.08. The van der Waals surface area contributed by atoms with Gasteiger partial charge in [0.05, 0.1) is 22.2 Å². The van der Waals surface area contributed by atoms with Crippen LogP contribution in [0.2, 0.25) is 0 Å². The number of hydrogen-bond acceptors (Lipinski definition) is 6. The van der Waals surface area contributed by atoms with Crippen LogP contribution in [-0.2, 0) is 6.54 Å². The van der Waals surface area contributed by atoms with Gasteiger partial charge in [0.25, 0.3) is 0 Å². The molecule has 5 nitrogen and oxygen atoms in total. The van der Waals surface area contributed by atoms with E-state index in [2.05, 4.69) is 48.4 Å². The fraction of sp³-hybridized carbons (Fsp3) is 0.364. The maximum Gasteiger partial charge on any atom is 0.224 e. The van der Waals surface area contributed by atoms with Crippen LogP contribution < -0.4 is 10.6 Å². The second-order valence-electron chi connectivity index (χ2n) is 3.65. The van der Waals surface area contributed by atoms with Crippen LogP contribution in [-0.4, -0.2) is 21.5 Å². The van der Waals surface area contributed by atoms with E-state index < -0.39 is 0 Å². The zero-order valence-electron chi connectivity index (χ0n) is 9.98. The van der Waals surface area contributed by atoms with E-state index >= 15 is 0 Å². The van der Waals surface area contributed by atoms with Crippen molar-refractivity contribution in [3.8, 4) is 0 Å². The van der Waals surface area contributed by atoms with Gasteiger partial charge in [0.2, 0.25) is 5.95 Å². The minimum absolute atomic E-state index is 0.640. The molecular formula is C11H14BrN5S. The van der Waals surface area contributed by atoms with Gasteiger partial charge in [0.15, 0.2) is 0 Å². The maximum absolute atomic E-state index is 4.40. The van der Waals surface area contributed by atoms with E-state index in [1.54, 1.807) is 17.5 Å². The summed E-state index contributed by atoms with van der Waals surface area (Å²) >= 11 is 5.02. The van der Waals surface area contributed by atoms with Crippen molar-refractivity contribution in [2.24, 2.45) is 0 Å². The highest BCUT2D eigenvalue weighted by Crippen LogP contribution is 2.20. The Balaban J connectivity index is 2.01. The highest BCUT2D eigenvalue weighted by molar-refractivity contribution is 9.10. The first-order valence-corrected chi connectivity index (χ1v) is 7.40. The van der Waals surface area contributed by atoms with Crippen LogP contribution in [0, 0.1) is 0 Å². The smallest absolute Gasteiger partial charge is 0.224 e. The average Bonchev–Trinajstić information content (AvgIpc) is 2.89. The SMILES string of the molecule is CCCNc1ncc(Br)c(NCc2cscn2)n1. The summed E-state index contributed by atoms with van der Waals surface area (Å²) in [5.41, 5.74) is 2.83. The first kappa shape index (κ1) is 13.2. The Morgan fingerprint density at radius 1 is 1.33 bits per heavy atom. The Hall–Kier alpha value is -1.21. The first-order chi connectivity index (χ1) is 8.79. The van der Waals surface area contributed by atoms with Crippen LogP contribution in [0.5, 0.6) is 0 Å². The number of nitrogens with zero attached hydrogens (tertiary/aromatic N) is 3. The Bertz CT molecular complexity index is 488. The van der Waals surface area contributed by atoms with Gasteiger partial charge in [-0.25, -0.2) is 9.97 Å². The van der Waals surface area contributed by atoms with Gasteiger partial charge in [-0.15, -0.1) is 11.3 Å². The van der Waals surface area contributed by atoms with Crippen LogP contribution in [0.15, 0.2) is 21.6 Å². The molecular weight excluding hydrogens is 314 g/mol. The molecule has 0 unspecified atom stereocenters. The number of aromatic nitrogens is 3. The van der Waals surface area contributed by atoms with Crippen molar-refractivity contribution < 1.29 is 0 Å². The van der Waals surface area contributed by atoms with Gasteiger partial charge >= 0.3 is 0 Å². The molecule has 0 aliphatic heterocycles. The van der Waals surface area contributed by atoms with Crippen LogP contribution >= 0.6 is 27.3 Å². The molecule has 0 aliphatic carbocycles. The van der Waals surface area contributed by atoms with Gasteiger partial charge in [-0.2, -0.15) is 4.98 Å². The van der Waals surface area contributed by atoms with Crippen LogP contribution in [0.25, 0.3) is 0 Å². The second kappa shape index (κ2) is 6.65. The van der Waals surface area contributed by atoms with Crippen LogP contribution in [0.3, 0.4) is 0 Å². The minimum atomic E-state index is 0.640. The van der Waals surface area contributed by atoms with E-state index in [1.807, 2.05) is 10.9 Å². The third-order valence-electron chi connectivity index (χ3n) is 2.20. The molecule has 2 aromatic rings. The molecule has 2 rings (SSSR count). The molecule has 7 heteroatoms. The van der Waals surface area contributed by atoms with Crippen LogP contribution in [0.4, 0.5) is 11.8 Å². The number of hydrogen-bond donors (Lipinski definition) is 2. The van der Waals surface area contributed by atoms with Crippen LogP contribution in [0.1, 0.15) is 19.0 Å². The second-order valence-corrected chi connectivity index (χ2v) is 5.22. The predicted octanol–water partition coefficient (Wildman–Crippen LogP) is 3.13. The zero-order chi connectivity index (χ0) is 12.8. The summed E-state index contributed by atoms with van der Waals surface area (Å²) in [6.45, 7) is 3.63. The van der Waals surface area contributed by atoms with E-state index in [-0.39, 0.29) is 0 Å². The molecule has 0 saturated carbocycles. The molecule has 18 heavy (non-hydrogen) atoms. The molecule has 0 bridgehead atoms. The Morgan fingerprint density at radius 3 is 2.94 bits per heavy atom. The fourth-order valence-corrected chi connectivity index (χ4v) is 2.20. The molecule has 2 heterocycles. The van der Waals surface area contributed by atoms with E-state index in [0.29, 0.717) is 12.5 Å². The van der Waals surface area contributed by atoms with E-state index in [9.17, 15) is 0 Å². The third kappa shape index (κ3) is 3.64. The standard InChI is InChI=1S/C11H14BrN5S/c1-2-3-13-11-15-5-9(12)10(17-11)14-4-8-6-18-7-16-8/h5-7H,2-4H2,1H3,(H2,13,14,15,17). The number of anilines is 2. The molecule has 0 spiro atoms. The van der Waals surface area contributed by atoms with Crippen molar-refractivity contribution in [3.63, 3.8) is 0 Å². The zero-order valence-corrected chi connectivity index (χ0v) is 12.4. The molecule has 0 fully saturated rings. The Labute approximate surface area is 118 Å². The Kier molecular flexibility index (Phi) is 4.89. The lowest BCUT2D eigenvalue weighted by molar-refractivity contribution is 0.947. The summed E-state index contributed by atoms with van der Waals surface area (Å²) in [4.78, 5) is 12.8. The molecule has 0 amide bonds. The van der Waals surface area contributed by atoms with Crippen molar-refractivity contribution in [2.45, 2.75) is 19.9 Å². The summed E-state index contributed by atoms with van der Waals surface area (Å²) < 4.78 is 0.847. The molecule has 0 atom stereocenters. The quantitative estimate of drug-likeness (QED) is 0.853. The number of thiazole rings is 1. The molecule has 0 saturated heterocycles. The number of halogens is 1. The number of rotatable bonds is 6.